The summed E-state index contributed by atoms with van der Waals surface area (Å²) in [5, 5.41) is 0.658. The first-order chi connectivity index (χ1) is 6.87. The van der Waals surface area contributed by atoms with Gasteiger partial charge in [0.05, 0.1) is 0 Å². The van der Waals surface area contributed by atoms with E-state index in [2.05, 4.69) is 0 Å². The molecule has 1 nitrogen and oxygen atoms in total. The fourth-order valence-electron chi connectivity index (χ4n) is 1.24. The summed E-state index contributed by atoms with van der Waals surface area (Å²) in [6.07, 6.45) is 0.491. The summed E-state index contributed by atoms with van der Waals surface area (Å²) in [6.45, 7) is 1.61. The van der Waals surface area contributed by atoms with Crippen molar-refractivity contribution in [1.29, 1.82) is 0 Å². The highest BCUT2D eigenvalue weighted by atomic mass is 35.5. The Balaban J connectivity index is 2.55. The van der Waals surface area contributed by atoms with E-state index in [-0.39, 0.29) is 12.2 Å². The second-order valence-corrected chi connectivity index (χ2v) is 5.89. The first kappa shape index (κ1) is 12.8. The molecule has 0 bridgehead atoms. The molecule has 0 aromatic heterocycles. The number of carbonyl (C=O) groups excluding carboxylic acids is 1. The van der Waals surface area contributed by atoms with Gasteiger partial charge in [0, 0.05) is 17.9 Å². The van der Waals surface area contributed by atoms with Crippen LogP contribution in [0.25, 0.3) is 0 Å². The number of benzene rings is 1. The molecule has 0 atom stereocenters. The molecule has 0 radical (unpaired) electrons. The van der Waals surface area contributed by atoms with Gasteiger partial charge in [-0.05, 0) is 24.6 Å². The number of hydrogen-bond donors (Lipinski definition) is 0. The molecule has 0 spiro atoms. The molecular formula is C11H11Cl3O. The van der Waals surface area contributed by atoms with Gasteiger partial charge in [-0.2, -0.15) is 0 Å². The van der Waals surface area contributed by atoms with Crippen LogP contribution in [-0.2, 0) is 11.2 Å². The number of Topliss-reactive ketones (excluding diaryl/α,β-unsaturated/α-hetero) is 1. The summed E-state index contributed by atoms with van der Waals surface area (Å²) in [6, 6.07) is 7.15. The van der Waals surface area contributed by atoms with E-state index in [0.717, 1.165) is 5.56 Å². The van der Waals surface area contributed by atoms with Crippen molar-refractivity contribution in [2.24, 2.45) is 0 Å². The van der Waals surface area contributed by atoms with Crippen molar-refractivity contribution < 1.29 is 4.79 Å². The fourth-order valence-corrected chi connectivity index (χ4v) is 1.66. The van der Waals surface area contributed by atoms with Crippen LogP contribution in [0.5, 0.6) is 0 Å². The van der Waals surface area contributed by atoms with Gasteiger partial charge >= 0.3 is 0 Å². The van der Waals surface area contributed by atoms with Crippen LogP contribution < -0.4 is 0 Å². The van der Waals surface area contributed by atoms with Gasteiger partial charge in [-0.25, -0.2) is 0 Å². The molecule has 1 aromatic rings. The van der Waals surface area contributed by atoms with Crippen molar-refractivity contribution >= 4 is 40.6 Å². The largest absolute Gasteiger partial charge is 0.299 e. The van der Waals surface area contributed by atoms with Crippen LogP contribution in [0.1, 0.15) is 18.9 Å². The zero-order chi connectivity index (χ0) is 11.5. The zero-order valence-corrected chi connectivity index (χ0v) is 10.5. The van der Waals surface area contributed by atoms with E-state index >= 15 is 0 Å². The lowest BCUT2D eigenvalue weighted by atomic mass is 10.1. The Morgan fingerprint density at radius 1 is 1.27 bits per heavy atom. The first-order valence-corrected chi connectivity index (χ1v) is 5.64. The molecule has 0 amide bonds. The molecule has 1 aromatic carbocycles. The number of rotatable bonds is 4. The highest BCUT2D eigenvalue weighted by Gasteiger charge is 2.20. The molecule has 4 heteroatoms. The monoisotopic (exact) mass is 264 g/mol. The Morgan fingerprint density at radius 2 is 1.80 bits per heavy atom. The van der Waals surface area contributed by atoms with Gasteiger partial charge in [0.15, 0.2) is 0 Å². The molecule has 82 valence electrons. The molecule has 0 fully saturated rings. The molecule has 15 heavy (non-hydrogen) atoms. The van der Waals surface area contributed by atoms with Gasteiger partial charge in [-0.3, -0.25) is 4.79 Å². The zero-order valence-electron chi connectivity index (χ0n) is 8.27. The van der Waals surface area contributed by atoms with E-state index in [1.54, 1.807) is 19.1 Å². The number of hydrogen-bond acceptors (Lipinski definition) is 1. The normalized spacial score (nSPS) is 11.5. The SMILES string of the molecule is CC(Cl)(Cl)CC(=O)Cc1ccc(Cl)cc1. The minimum absolute atomic E-state index is 0.0184. The molecular weight excluding hydrogens is 254 g/mol. The van der Waals surface area contributed by atoms with Crippen molar-refractivity contribution in [3.63, 3.8) is 0 Å². The van der Waals surface area contributed by atoms with Crippen molar-refractivity contribution in [2.75, 3.05) is 0 Å². The summed E-state index contributed by atoms with van der Waals surface area (Å²) < 4.78 is -0.983. The summed E-state index contributed by atoms with van der Waals surface area (Å²) in [5.74, 6) is 0.0184. The second kappa shape index (κ2) is 5.20. The molecule has 0 N–H and O–H groups in total. The summed E-state index contributed by atoms with van der Waals surface area (Å²) >= 11 is 17.2. The summed E-state index contributed by atoms with van der Waals surface area (Å²) in [5.41, 5.74) is 0.919. The Morgan fingerprint density at radius 3 is 2.27 bits per heavy atom. The van der Waals surface area contributed by atoms with E-state index < -0.39 is 4.33 Å². The number of carbonyl (C=O) groups is 1. The van der Waals surface area contributed by atoms with E-state index in [0.29, 0.717) is 11.4 Å². The third-order valence-electron chi connectivity index (χ3n) is 1.82. The number of alkyl halides is 2. The molecule has 1 rings (SSSR count). The first-order valence-electron chi connectivity index (χ1n) is 4.51. The Hall–Kier alpha value is -0.240. The molecule has 0 aliphatic rings. The number of halogens is 3. The lowest BCUT2D eigenvalue weighted by Gasteiger charge is -2.11. The van der Waals surface area contributed by atoms with Crippen molar-refractivity contribution in [3.05, 3.63) is 34.9 Å². The quantitative estimate of drug-likeness (QED) is 0.751. The Kier molecular flexibility index (Phi) is 4.45. The molecule has 0 heterocycles. The van der Waals surface area contributed by atoms with Gasteiger partial charge < -0.3 is 0 Å². The number of ketones is 1. The van der Waals surface area contributed by atoms with Gasteiger partial charge in [-0.15, -0.1) is 23.2 Å². The predicted octanol–water partition coefficient (Wildman–Crippen LogP) is 4.04. The molecule has 0 saturated carbocycles. The fraction of sp³-hybridized carbons (Fsp3) is 0.364. The standard InChI is InChI=1S/C11H11Cl3O/c1-11(13,14)7-10(15)6-8-2-4-9(12)5-3-8/h2-5H,6-7H2,1H3. The lowest BCUT2D eigenvalue weighted by molar-refractivity contribution is -0.118. The maximum absolute atomic E-state index is 11.5. The lowest BCUT2D eigenvalue weighted by Crippen LogP contribution is -2.15. The van der Waals surface area contributed by atoms with Gasteiger partial charge in [0.2, 0.25) is 0 Å². The highest BCUT2D eigenvalue weighted by molar-refractivity contribution is 6.48. The van der Waals surface area contributed by atoms with Crippen molar-refractivity contribution in [3.8, 4) is 0 Å². The maximum Gasteiger partial charge on any atom is 0.140 e. The van der Waals surface area contributed by atoms with Crippen LogP contribution in [0, 0.1) is 0 Å². The van der Waals surface area contributed by atoms with Crippen LogP contribution in [0.15, 0.2) is 24.3 Å². The third kappa shape index (κ3) is 5.41. The van der Waals surface area contributed by atoms with Crippen LogP contribution in [0.3, 0.4) is 0 Å². The van der Waals surface area contributed by atoms with Crippen LogP contribution in [-0.4, -0.2) is 10.1 Å². The predicted molar refractivity (Wildman–Crippen MR) is 64.9 cm³/mol. The van der Waals surface area contributed by atoms with Gasteiger partial charge in [0.25, 0.3) is 0 Å². The van der Waals surface area contributed by atoms with E-state index in [4.69, 9.17) is 34.8 Å². The van der Waals surface area contributed by atoms with Crippen LogP contribution >= 0.6 is 34.8 Å². The minimum atomic E-state index is -0.983. The van der Waals surface area contributed by atoms with Crippen molar-refractivity contribution in [1.82, 2.24) is 0 Å². The molecule has 0 unspecified atom stereocenters. The van der Waals surface area contributed by atoms with Crippen molar-refractivity contribution in [2.45, 2.75) is 24.1 Å². The van der Waals surface area contributed by atoms with Gasteiger partial charge in [-0.1, -0.05) is 23.7 Å². The Bertz CT molecular complexity index is 338. The van der Waals surface area contributed by atoms with E-state index in [9.17, 15) is 4.79 Å². The third-order valence-corrected chi connectivity index (χ3v) is 2.34. The molecule has 0 saturated heterocycles. The smallest absolute Gasteiger partial charge is 0.140 e. The summed E-state index contributed by atoms with van der Waals surface area (Å²) in [4.78, 5) is 11.5. The van der Waals surface area contributed by atoms with Gasteiger partial charge in [0.1, 0.15) is 10.1 Å². The second-order valence-electron chi connectivity index (χ2n) is 3.59. The molecule has 0 aliphatic carbocycles. The average molecular weight is 266 g/mol. The maximum atomic E-state index is 11.5. The molecule has 0 aliphatic heterocycles. The van der Waals surface area contributed by atoms with Crippen LogP contribution in [0.4, 0.5) is 0 Å². The van der Waals surface area contributed by atoms with E-state index in [1.165, 1.54) is 0 Å². The van der Waals surface area contributed by atoms with Crippen LogP contribution in [0.2, 0.25) is 5.02 Å². The summed E-state index contributed by atoms with van der Waals surface area (Å²) in [7, 11) is 0. The Labute approximate surface area is 104 Å². The minimum Gasteiger partial charge on any atom is -0.299 e. The topological polar surface area (TPSA) is 17.1 Å². The highest BCUT2D eigenvalue weighted by Crippen LogP contribution is 2.25. The van der Waals surface area contributed by atoms with E-state index in [1.807, 2.05) is 12.1 Å². The average Bonchev–Trinajstić information content (AvgIpc) is 2.05.